The average molecular weight is 443 g/mol. The second-order valence-electron chi connectivity index (χ2n) is 5.86. The van der Waals surface area contributed by atoms with Crippen molar-refractivity contribution in [2.75, 3.05) is 11.9 Å². The number of nitriles is 1. The van der Waals surface area contributed by atoms with E-state index in [0.717, 1.165) is 11.3 Å². The molecule has 0 bridgehead atoms. The highest BCUT2D eigenvalue weighted by Gasteiger charge is 2.21. The predicted octanol–water partition coefficient (Wildman–Crippen LogP) is 3.71. The van der Waals surface area contributed by atoms with Gasteiger partial charge in [-0.05, 0) is 32.9 Å². The first-order chi connectivity index (χ1) is 14.7. The van der Waals surface area contributed by atoms with Crippen LogP contribution in [0.15, 0.2) is 39.9 Å². The molecule has 12 heteroatoms. The van der Waals surface area contributed by atoms with Crippen molar-refractivity contribution in [3.63, 3.8) is 0 Å². The number of aliphatic hydroxyl groups excluding tert-OH is 1. The Kier molecular flexibility index (Phi) is 7.53. The smallest absolute Gasteiger partial charge is 0.350 e. The van der Waals surface area contributed by atoms with Gasteiger partial charge in [-0.2, -0.15) is 5.26 Å². The number of ether oxygens (including phenoxy) is 1. The van der Waals surface area contributed by atoms with Gasteiger partial charge in [0.15, 0.2) is 10.8 Å². The van der Waals surface area contributed by atoms with E-state index >= 15 is 0 Å². The van der Waals surface area contributed by atoms with Crippen LogP contribution >= 0.6 is 11.3 Å². The van der Waals surface area contributed by atoms with Crippen LogP contribution in [0.25, 0.3) is 0 Å². The summed E-state index contributed by atoms with van der Waals surface area (Å²) in [5.41, 5.74) is -0.824. The normalized spacial score (nSPS) is 11.5. The maximum Gasteiger partial charge on any atom is 0.350 e. The monoisotopic (exact) mass is 443 g/mol. The Morgan fingerprint density at radius 3 is 2.61 bits per heavy atom. The third kappa shape index (κ3) is 5.49. The number of anilines is 1. The van der Waals surface area contributed by atoms with E-state index in [1.165, 1.54) is 25.1 Å². The molecule has 0 atom stereocenters. The van der Waals surface area contributed by atoms with Crippen molar-refractivity contribution in [3.05, 3.63) is 51.4 Å². The molecule has 2 rings (SSSR count). The van der Waals surface area contributed by atoms with Crippen LogP contribution in [0.5, 0.6) is 0 Å². The fourth-order valence-corrected chi connectivity index (χ4v) is 3.14. The number of aromatic carboxylic acids is 1. The molecule has 1 heterocycles. The third-order valence-electron chi connectivity index (χ3n) is 3.67. The molecular formula is C19H17N5O6S. The molecule has 3 N–H and O–H groups in total. The maximum atomic E-state index is 12.6. The summed E-state index contributed by atoms with van der Waals surface area (Å²) in [6, 6.07) is 5.73. The average Bonchev–Trinajstić information content (AvgIpc) is 3.07. The van der Waals surface area contributed by atoms with Crippen molar-refractivity contribution < 1.29 is 29.3 Å². The first kappa shape index (κ1) is 23.2. The number of aryl methyl sites for hydroxylation is 1. The minimum absolute atomic E-state index is 0.0585. The van der Waals surface area contributed by atoms with E-state index in [-0.39, 0.29) is 33.4 Å². The van der Waals surface area contributed by atoms with Crippen molar-refractivity contribution in [2.45, 2.75) is 20.8 Å². The summed E-state index contributed by atoms with van der Waals surface area (Å²) in [7, 11) is 0. The third-order valence-corrected chi connectivity index (χ3v) is 4.73. The molecule has 160 valence electrons. The molecule has 0 aliphatic carbocycles. The van der Waals surface area contributed by atoms with E-state index < -0.39 is 29.3 Å². The van der Waals surface area contributed by atoms with Gasteiger partial charge in [-0.15, -0.1) is 10.2 Å². The highest BCUT2D eigenvalue weighted by atomic mass is 32.1. The zero-order chi connectivity index (χ0) is 23.1. The second kappa shape index (κ2) is 10.1. The van der Waals surface area contributed by atoms with E-state index in [9.17, 15) is 29.9 Å². The van der Waals surface area contributed by atoms with E-state index in [1.54, 1.807) is 19.9 Å². The van der Waals surface area contributed by atoms with Gasteiger partial charge in [-0.25, -0.2) is 14.6 Å². The lowest BCUT2D eigenvalue weighted by molar-refractivity contribution is -0.113. The zero-order valence-electron chi connectivity index (χ0n) is 16.7. The van der Waals surface area contributed by atoms with Crippen molar-refractivity contribution in [2.24, 2.45) is 10.2 Å². The summed E-state index contributed by atoms with van der Waals surface area (Å²) in [5, 5.41) is 38.1. The van der Waals surface area contributed by atoms with Gasteiger partial charge in [0.25, 0.3) is 5.91 Å². The summed E-state index contributed by atoms with van der Waals surface area (Å²) < 4.78 is 4.91. The van der Waals surface area contributed by atoms with Gasteiger partial charge < -0.3 is 14.9 Å². The van der Waals surface area contributed by atoms with E-state index in [1.807, 2.05) is 0 Å². The molecule has 1 aromatic heterocycles. The molecule has 1 amide bonds. The number of carbonyl (C=O) groups excluding carboxylic acids is 2. The van der Waals surface area contributed by atoms with Crippen LogP contribution in [0.3, 0.4) is 0 Å². The molecule has 0 saturated heterocycles. The number of esters is 1. The van der Waals surface area contributed by atoms with Gasteiger partial charge in [-0.3, -0.25) is 10.1 Å². The van der Waals surface area contributed by atoms with Gasteiger partial charge in [0, 0.05) is 0 Å². The zero-order valence-corrected chi connectivity index (χ0v) is 17.5. The van der Waals surface area contributed by atoms with Crippen LogP contribution in [0, 0.1) is 18.3 Å². The maximum absolute atomic E-state index is 12.6. The Hall–Kier alpha value is -4.11. The number of carbonyl (C=O) groups is 3. The standard InChI is InChI=1S/C19H17N5O6S/c1-4-30-18(29)15-9(2)21-19(31-15)22-16(26)13(10(3)25)23-24-14-11(8-20)6-5-7-12(14)17(27)28/h5-7,25H,4H2,1-3H3,(H,27,28)(H,21,22,26). The van der Waals surface area contributed by atoms with E-state index in [4.69, 9.17) is 4.74 Å². The summed E-state index contributed by atoms with van der Waals surface area (Å²) >= 11 is 0.877. The molecule has 2 aromatic rings. The Labute approximate surface area is 180 Å². The quantitative estimate of drug-likeness (QED) is 0.251. The summed E-state index contributed by atoms with van der Waals surface area (Å²) in [4.78, 5) is 40.1. The first-order valence-electron chi connectivity index (χ1n) is 8.73. The molecule has 0 fully saturated rings. The number of benzene rings is 1. The topological polar surface area (TPSA) is 174 Å². The second-order valence-corrected chi connectivity index (χ2v) is 6.86. The summed E-state index contributed by atoms with van der Waals surface area (Å²) in [5.74, 6) is -3.33. The van der Waals surface area contributed by atoms with Gasteiger partial charge >= 0.3 is 11.9 Å². The van der Waals surface area contributed by atoms with Crippen molar-refractivity contribution in [1.82, 2.24) is 4.98 Å². The number of amides is 1. The number of hydrogen-bond acceptors (Lipinski definition) is 10. The van der Waals surface area contributed by atoms with Crippen LogP contribution in [0.2, 0.25) is 0 Å². The fraction of sp³-hybridized carbons (Fsp3) is 0.211. The van der Waals surface area contributed by atoms with Crippen molar-refractivity contribution in [1.29, 1.82) is 5.26 Å². The minimum atomic E-state index is -1.34. The molecular weight excluding hydrogens is 426 g/mol. The van der Waals surface area contributed by atoms with Crippen LogP contribution in [-0.2, 0) is 9.53 Å². The lowest BCUT2D eigenvalue weighted by atomic mass is 10.1. The molecule has 0 unspecified atom stereocenters. The molecule has 31 heavy (non-hydrogen) atoms. The lowest BCUT2D eigenvalue weighted by Crippen LogP contribution is -2.14. The number of carboxylic acid groups (broad SMARTS) is 1. The Morgan fingerprint density at radius 2 is 2.03 bits per heavy atom. The SMILES string of the molecule is CCOC(=O)c1sc(NC(=O)C(N=Nc2c(C#N)cccc2C(=O)O)=C(C)O)nc1C. The van der Waals surface area contributed by atoms with Crippen molar-refractivity contribution >= 4 is 40.0 Å². The summed E-state index contributed by atoms with van der Waals surface area (Å²) in [6.45, 7) is 4.58. The van der Waals surface area contributed by atoms with Crippen LogP contribution in [-0.4, -0.2) is 39.6 Å². The van der Waals surface area contributed by atoms with Gasteiger partial charge in [0.05, 0.1) is 23.4 Å². The van der Waals surface area contributed by atoms with Gasteiger partial charge in [0.1, 0.15) is 22.4 Å². The molecule has 0 saturated carbocycles. The van der Waals surface area contributed by atoms with Crippen molar-refractivity contribution in [3.8, 4) is 6.07 Å². The van der Waals surface area contributed by atoms with Crippen LogP contribution in [0.4, 0.5) is 10.8 Å². The lowest BCUT2D eigenvalue weighted by Gasteiger charge is -2.04. The van der Waals surface area contributed by atoms with Gasteiger partial charge in [-0.1, -0.05) is 17.4 Å². The number of hydrogen-bond donors (Lipinski definition) is 3. The number of aromatic nitrogens is 1. The molecule has 0 radical (unpaired) electrons. The van der Waals surface area contributed by atoms with E-state index in [0.29, 0.717) is 5.69 Å². The molecule has 0 aliphatic heterocycles. The highest BCUT2D eigenvalue weighted by molar-refractivity contribution is 7.17. The van der Waals surface area contributed by atoms with E-state index in [2.05, 4.69) is 20.5 Å². The number of rotatable bonds is 7. The number of allylic oxidation sites excluding steroid dienone is 1. The Bertz CT molecular complexity index is 1140. The fourth-order valence-electron chi connectivity index (χ4n) is 2.29. The number of aliphatic hydroxyl groups is 1. The highest BCUT2D eigenvalue weighted by Crippen LogP contribution is 2.27. The number of thiazole rings is 1. The van der Waals surface area contributed by atoms with Crippen LogP contribution < -0.4 is 5.32 Å². The number of nitrogens with zero attached hydrogens (tertiary/aromatic N) is 4. The number of carboxylic acids is 1. The molecule has 0 spiro atoms. The summed E-state index contributed by atoms with van der Waals surface area (Å²) in [6.07, 6.45) is 0. The number of nitrogens with one attached hydrogen (secondary N) is 1. The predicted molar refractivity (Wildman–Crippen MR) is 109 cm³/mol. The van der Waals surface area contributed by atoms with Crippen LogP contribution in [0.1, 0.15) is 45.1 Å². The van der Waals surface area contributed by atoms with Gasteiger partial charge in [0.2, 0.25) is 0 Å². The number of azo groups is 1. The molecule has 0 aliphatic rings. The largest absolute Gasteiger partial charge is 0.510 e. The molecule has 11 nitrogen and oxygen atoms in total. The Morgan fingerprint density at radius 1 is 1.32 bits per heavy atom. The first-order valence-corrected chi connectivity index (χ1v) is 9.55. The minimum Gasteiger partial charge on any atom is -0.510 e. The Balaban J connectivity index is 2.34. The molecule has 1 aromatic carbocycles.